The number of hydrogen-bond donors (Lipinski definition) is 4. The number of Topliss-reactive ketones (excluding diaryl/α,β-unsaturated/α-hetero) is 3. The summed E-state index contributed by atoms with van der Waals surface area (Å²) in [5.41, 5.74) is -5.67. The van der Waals surface area contributed by atoms with Gasteiger partial charge < -0.3 is 25.4 Å². The van der Waals surface area contributed by atoms with Gasteiger partial charge in [-0.1, -0.05) is 0 Å². The SMILES string of the molecule is CC(=O)N[C@H]1CO[C@H](C(O)C(C)=O)[C@@](O)(C(C)=O)[C@@]1(O)C(C)=O. The molecule has 1 aliphatic rings. The van der Waals surface area contributed by atoms with Crippen molar-refractivity contribution in [3.8, 4) is 0 Å². The Balaban J connectivity index is 3.52. The van der Waals surface area contributed by atoms with E-state index < -0.39 is 59.3 Å². The summed E-state index contributed by atoms with van der Waals surface area (Å²) >= 11 is 0. The molecule has 1 saturated heterocycles. The van der Waals surface area contributed by atoms with E-state index in [9.17, 15) is 34.5 Å². The number of aliphatic hydroxyl groups excluding tert-OH is 1. The van der Waals surface area contributed by atoms with Crippen LogP contribution < -0.4 is 5.32 Å². The molecule has 1 heterocycles. The lowest BCUT2D eigenvalue weighted by Gasteiger charge is -2.52. The summed E-state index contributed by atoms with van der Waals surface area (Å²) in [5.74, 6) is -3.55. The number of ketones is 3. The number of nitrogens with one attached hydrogen (secondary N) is 1. The number of ether oxygens (including phenoxy) is 1. The van der Waals surface area contributed by atoms with Gasteiger partial charge >= 0.3 is 0 Å². The van der Waals surface area contributed by atoms with Gasteiger partial charge in [0, 0.05) is 6.92 Å². The molecular formula is C14H21NO8. The molecular weight excluding hydrogens is 310 g/mol. The highest BCUT2D eigenvalue weighted by Crippen LogP contribution is 2.38. The molecule has 4 N–H and O–H groups in total. The van der Waals surface area contributed by atoms with Crippen LogP contribution in [0.1, 0.15) is 27.7 Å². The first-order valence-corrected chi connectivity index (χ1v) is 6.94. The molecule has 1 rings (SSSR count). The number of aliphatic hydroxyl groups is 3. The van der Waals surface area contributed by atoms with Crippen LogP contribution in [0.15, 0.2) is 0 Å². The zero-order chi connectivity index (χ0) is 18.2. The van der Waals surface area contributed by atoms with Gasteiger partial charge in [-0.3, -0.25) is 19.2 Å². The van der Waals surface area contributed by atoms with Gasteiger partial charge in [-0.2, -0.15) is 0 Å². The maximum Gasteiger partial charge on any atom is 0.217 e. The summed E-state index contributed by atoms with van der Waals surface area (Å²) < 4.78 is 5.17. The fourth-order valence-electron chi connectivity index (χ4n) is 2.83. The molecule has 0 saturated carbocycles. The molecule has 0 bridgehead atoms. The fraction of sp³-hybridized carbons (Fsp3) is 0.714. The Morgan fingerprint density at radius 2 is 1.52 bits per heavy atom. The molecule has 1 aliphatic heterocycles. The third kappa shape index (κ3) is 2.92. The molecule has 0 aromatic heterocycles. The van der Waals surface area contributed by atoms with E-state index in [0.29, 0.717) is 0 Å². The molecule has 9 heteroatoms. The van der Waals surface area contributed by atoms with Crippen LogP contribution in [0.4, 0.5) is 0 Å². The van der Waals surface area contributed by atoms with Gasteiger partial charge in [0.25, 0.3) is 0 Å². The Morgan fingerprint density at radius 1 is 1.04 bits per heavy atom. The molecule has 9 nitrogen and oxygen atoms in total. The molecule has 5 atom stereocenters. The van der Waals surface area contributed by atoms with Crippen molar-refractivity contribution < 1.29 is 39.2 Å². The first-order valence-electron chi connectivity index (χ1n) is 6.94. The monoisotopic (exact) mass is 331 g/mol. The van der Waals surface area contributed by atoms with Crippen LogP contribution in [-0.2, 0) is 23.9 Å². The lowest BCUT2D eigenvalue weighted by atomic mass is 9.66. The van der Waals surface area contributed by atoms with E-state index in [0.717, 1.165) is 27.7 Å². The largest absolute Gasteiger partial charge is 0.382 e. The van der Waals surface area contributed by atoms with E-state index in [4.69, 9.17) is 4.74 Å². The summed E-state index contributed by atoms with van der Waals surface area (Å²) in [6.07, 6.45) is -3.79. The minimum absolute atomic E-state index is 0.486. The average molecular weight is 331 g/mol. The maximum atomic E-state index is 12.0. The summed E-state index contributed by atoms with van der Waals surface area (Å²) in [4.78, 5) is 46.7. The third-order valence-electron chi connectivity index (χ3n) is 4.09. The van der Waals surface area contributed by atoms with Crippen LogP contribution in [0.2, 0.25) is 0 Å². The van der Waals surface area contributed by atoms with E-state index in [1.54, 1.807) is 0 Å². The van der Waals surface area contributed by atoms with Gasteiger partial charge in [-0.15, -0.1) is 0 Å². The summed E-state index contributed by atoms with van der Waals surface area (Å²) in [6.45, 7) is 3.43. The van der Waals surface area contributed by atoms with Crippen LogP contribution in [-0.4, -0.2) is 74.6 Å². The predicted molar refractivity (Wildman–Crippen MR) is 75.3 cm³/mol. The van der Waals surface area contributed by atoms with E-state index in [2.05, 4.69) is 5.32 Å². The van der Waals surface area contributed by atoms with Gasteiger partial charge in [0.1, 0.15) is 12.2 Å². The molecule has 1 unspecified atom stereocenters. The second kappa shape index (κ2) is 6.44. The maximum absolute atomic E-state index is 12.0. The topological polar surface area (TPSA) is 150 Å². The van der Waals surface area contributed by atoms with Gasteiger partial charge in [0.15, 0.2) is 28.6 Å². The zero-order valence-electron chi connectivity index (χ0n) is 13.3. The standard InChI is InChI=1S/C14H21NO8/c1-6(16)11(20)12-14(22,8(3)18)13(21,7(2)17)10(5-23-12)15-9(4)19/h10-12,20-22H,5H2,1-4H3,(H,15,19)/t10-,11?,12+,13+,14-/m0/s1. The van der Waals surface area contributed by atoms with Crippen LogP contribution in [0.25, 0.3) is 0 Å². The van der Waals surface area contributed by atoms with Crippen LogP contribution in [0.5, 0.6) is 0 Å². The van der Waals surface area contributed by atoms with E-state index in [-0.39, 0.29) is 0 Å². The van der Waals surface area contributed by atoms with E-state index in [1.165, 1.54) is 0 Å². The number of hydrogen-bond acceptors (Lipinski definition) is 8. The molecule has 0 aliphatic carbocycles. The fourth-order valence-corrected chi connectivity index (χ4v) is 2.83. The Kier molecular flexibility index (Phi) is 5.42. The van der Waals surface area contributed by atoms with Crippen molar-refractivity contribution in [3.63, 3.8) is 0 Å². The normalized spacial score (nSPS) is 35.3. The lowest BCUT2D eigenvalue weighted by molar-refractivity contribution is -0.259. The van der Waals surface area contributed by atoms with Gasteiger partial charge in [-0.25, -0.2) is 0 Å². The Bertz CT molecular complexity index is 547. The second-order valence-corrected chi connectivity index (χ2v) is 5.71. The van der Waals surface area contributed by atoms with Crippen molar-refractivity contribution in [2.75, 3.05) is 6.61 Å². The first kappa shape index (κ1) is 19.4. The van der Waals surface area contributed by atoms with Gasteiger partial charge in [-0.05, 0) is 20.8 Å². The smallest absolute Gasteiger partial charge is 0.217 e. The number of amides is 1. The van der Waals surface area contributed by atoms with Crippen molar-refractivity contribution >= 4 is 23.3 Å². The van der Waals surface area contributed by atoms with Gasteiger partial charge in [0.2, 0.25) is 5.91 Å². The number of rotatable bonds is 5. The third-order valence-corrected chi connectivity index (χ3v) is 4.09. The van der Waals surface area contributed by atoms with Crippen molar-refractivity contribution in [2.24, 2.45) is 0 Å². The quantitative estimate of drug-likeness (QED) is 0.431. The summed E-state index contributed by atoms with van der Waals surface area (Å²) in [5, 5.41) is 33.8. The minimum atomic E-state index is -2.91. The first-order chi connectivity index (χ1) is 10.4. The molecule has 0 aromatic rings. The zero-order valence-corrected chi connectivity index (χ0v) is 13.3. The molecule has 23 heavy (non-hydrogen) atoms. The van der Waals surface area contributed by atoms with Crippen molar-refractivity contribution in [1.82, 2.24) is 5.32 Å². The highest BCUT2D eigenvalue weighted by Gasteiger charge is 2.69. The Morgan fingerprint density at radius 3 is 1.87 bits per heavy atom. The number of carbonyl (C=O) groups excluding carboxylic acids is 4. The predicted octanol–water partition coefficient (Wildman–Crippen LogP) is -2.52. The molecule has 0 spiro atoms. The van der Waals surface area contributed by atoms with Crippen LogP contribution >= 0.6 is 0 Å². The van der Waals surface area contributed by atoms with E-state index in [1.807, 2.05) is 0 Å². The van der Waals surface area contributed by atoms with E-state index >= 15 is 0 Å². The van der Waals surface area contributed by atoms with Crippen molar-refractivity contribution in [2.45, 2.75) is 57.1 Å². The highest BCUT2D eigenvalue weighted by molar-refractivity contribution is 6.00. The molecule has 130 valence electrons. The summed E-state index contributed by atoms with van der Waals surface area (Å²) in [6, 6.07) is -1.43. The lowest BCUT2D eigenvalue weighted by Crippen LogP contribution is -2.81. The Hall–Kier alpha value is -1.68. The van der Waals surface area contributed by atoms with Crippen LogP contribution in [0, 0.1) is 0 Å². The van der Waals surface area contributed by atoms with Crippen molar-refractivity contribution in [3.05, 3.63) is 0 Å². The molecule has 0 aromatic carbocycles. The number of carbonyl (C=O) groups is 4. The average Bonchev–Trinajstić information content (AvgIpc) is 2.42. The van der Waals surface area contributed by atoms with Gasteiger partial charge in [0.05, 0.1) is 12.6 Å². The minimum Gasteiger partial charge on any atom is -0.382 e. The molecule has 1 amide bonds. The molecule has 0 radical (unpaired) electrons. The van der Waals surface area contributed by atoms with Crippen LogP contribution in [0.3, 0.4) is 0 Å². The summed E-state index contributed by atoms with van der Waals surface area (Å²) in [7, 11) is 0. The molecule has 1 fully saturated rings. The highest BCUT2D eigenvalue weighted by atomic mass is 16.5. The van der Waals surface area contributed by atoms with Crippen molar-refractivity contribution in [1.29, 1.82) is 0 Å². The second-order valence-electron chi connectivity index (χ2n) is 5.71. The Labute approximate surface area is 132 Å².